The Labute approximate surface area is 284 Å². The molecule has 0 saturated carbocycles. The van der Waals surface area contributed by atoms with Crippen LogP contribution in [-0.4, -0.2) is 73.4 Å². The summed E-state index contributed by atoms with van der Waals surface area (Å²) in [6, 6.07) is -0.837. The molecule has 0 bridgehead atoms. The Morgan fingerprint density at radius 1 is 0.717 bits per heavy atom. The Bertz CT molecular complexity index is 773. The molecule has 0 aromatic carbocycles. The summed E-state index contributed by atoms with van der Waals surface area (Å²) in [4.78, 5) is 21.9. The van der Waals surface area contributed by atoms with Gasteiger partial charge in [0.2, 0.25) is 5.91 Å². The van der Waals surface area contributed by atoms with Gasteiger partial charge in [-0.25, -0.2) is 4.57 Å². The van der Waals surface area contributed by atoms with Crippen LogP contribution in [0.2, 0.25) is 0 Å². The number of unbranched alkanes of at least 4 members (excludes halogenated alkanes) is 22. The van der Waals surface area contributed by atoms with Crippen molar-refractivity contribution in [3.8, 4) is 0 Å². The van der Waals surface area contributed by atoms with E-state index in [4.69, 9.17) is 9.05 Å². The molecule has 0 aromatic heterocycles. The lowest BCUT2D eigenvalue weighted by Gasteiger charge is -2.25. The Morgan fingerprint density at radius 3 is 1.52 bits per heavy atom. The Hall–Kier alpha value is -0.760. The molecule has 0 aromatic rings. The highest BCUT2D eigenvalue weighted by atomic mass is 31.2. The Kier molecular flexibility index (Phi) is 29.8. The molecule has 0 heterocycles. The first-order chi connectivity index (χ1) is 22.0. The van der Waals surface area contributed by atoms with E-state index in [0.29, 0.717) is 11.0 Å². The number of hydrogen-bond acceptors (Lipinski definition) is 5. The van der Waals surface area contributed by atoms with Gasteiger partial charge in [0.15, 0.2) is 0 Å². The molecule has 8 nitrogen and oxygen atoms in total. The van der Waals surface area contributed by atoms with Crippen molar-refractivity contribution >= 4 is 13.7 Å². The van der Waals surface area contributed by atoms with Gasteiger partial charge in [0.05, 0.1) is 39.9 Å². The number of phosphoric ester groups is 1. The number of rotatable bonds is 34. The minimum atomic E-state index is -4.29. The second-order valence-electron chi connectivity index (χ2n) is 14.3. The third-order valence-electron chi connectivity index (χ3n) is 8.57. The zero-order valence-electron chi connectivity index (χ0n) is 30.8. The third kappa shape index (κ3) is 31.8. The molecule has 46 heavy (non-hydrogen) atoms. The molecule has 0 radical (unpaired) electrons. The predicted octanol–water partition coefficient (Wildman–Crippen LogP) is 9.63. The number of aliphatic hydroxyl groups is 1. The van der Waals surface area contributed by atoms with E-state index in [9.17, 15) is 19.4 Å². The van der Waals surface area contributed by atoms with Gasteiger partial charge < -0.3 is 19.8 Å². The van der Waals surface area contributed by atoms with Gasteiger partial charge in [-0.3, -0.25) is 13.8 Å². The molecule has 274 valence electrons. The molecule has 0 rings (SSSR count). The number of nitrogens with one attached hydrogen (secondary N) is 1. The zero-order valence-corrected chi connectivity index (χ0v) is 31.7. The van der Waals surface area contributed by atoms with Crippen LogP contribution in [0.3, 0.4) is 0 Å². The van der Waals surface area contributed by atoms with Gasteiger partial charge in [0.25, 0.3) is 0 Å². The molecule has 9 heteroatoms. The fourth-order valence-corrected chi connectivity index (χ4v) is 6.15. The molecule has 0 spiro atoms. The molecule has 3 atom stereocenters. The van der Waals surface area contributed by atoms with Crippen molar-refractivity contribution in [2.24, 2.45) is 0 Å². The van der Waals surface area contributed by atoms with E-state index < -0.39 is 20.0 Å². The maximum Gasteiger partial charge on any atom is 0.472 e. The maximum absolute atomic E-state index is 12.2. The maximum atomic E-state index is 12.2. The summed E-state index contributed by atoms with van der Waals surface area (Å²) in [5.74, 6) is -0.264. The fourth-order valence-electron chi connectivity index (χ4n) is 5.42. The van der Waals surface area contributed by atoms with Crippen LogP contribution in [0.5, 0.6) is 0 Å². The molecule has 0 aliphatic heterocycles. The third-order valence-corrected chi connectivity index (χ3v) is 9.56. The monoisotopic (exact) mass is 676 g/mol. The van der Waals surface area contributed by atoms with E-state index >= 15 is 0 Å². The topological polar surface area (TPSA) is 105 Å². The SMILES string of the molecule is CCCCCCCCCCCCCCCCCCCCCCCC/C=C/C(O)C(COP(=O)(O)OCC[N+](C)(C)C)NC(=O)CC. The quantitative estimate of drug-likeness (QED) is 0.0272. The zero-order chi connectivity index (χ0) is 34.4. The number of likely N-dealkylation sites (N-methyl/N-ethyl adjacent to an activating group) is 1. The van der Waals surface area contributed by atoms with Crippen LogP contribution < -0.4 is 5.32 Å². The first-order valence-corrected chi connectivity index (χ1v) is 20.6. The van der Waals surface area contributed by atoms with Crippen LogP contribution in [-0.2, 0) is 18.4 Å². The average Bonchev–Trinajstić information content (AvgIpc) is 3.00. The summed E-state index contributed by atoms with van der Waals surface area (Å²) < 4.78 is 23.0. The molecule has 1 amide bonds. The van der Waals surface area contributed by atoms with Crippen molar-refractivity contribution in [3.05, 3.63) is 12.2 Å². The molecular weight excluding hydrogens is 599 g/mol. The normalized spacial score (nSPS) is 14.8. The van der Waals surface area contributed by atoms with Gasteiger partial charge >= 0.3 is 7.82 Å². The molecule has 0 aliphatic rings. The standard InChI is InChI=1S/C37H75N2O6P/c1-6-8-9-10-11-12-13-14-15-16-17-18-19-20-21-22-23-24-25-26-27-28-29-30-31-36(40)35(38-37(41)7-2)34-45-46(42,43)44-33-32-39(3,4)5/h30-31,35-36,40H,6-29,32-34H2,1-5H3,(H-,38,41,42,43)/p+1/b31-30+. The van der Waals surface area contributed by atoms with Gasteiger partial charge in [-0.05, 0) is 12.8 Å². The Balaban J connectivity index is 3.81. The van der Waals surface area contributed by atoms with Crippen LogP contribution in [0, 0.1) is 0 Å². The van der Waals surface area contributed by atoms with Crippen LogP contribution in [0.4, 0.5) is 0 Å². The van der Waals surface area contributed by atoms with Crippen LogP contribution in [0.15, 0.2) is 12.2 Å². The number of hydrogen-bond donors (Lipinski definition) is 3. The number of carbonyl (C=O) groups excluding carboxylic acids is 1. The number of carbonyl (C=O) groups is 1. The molecule has 0 fully saturated rings. The number of aliphatic hydroxyl groups excluding tert-OH is 1. The fraction of sp³-hybridized carbons (Fsp3) is 0.919. The minimum absolute atomic E-state index is 0.0608. The van der Waals surface area contributed by atoms with E-state index in [0.717, 1.165) is 19.3 Å². The first kappa shape index (κ1) is 45.2. The number of allylic oxidation sites excluding steroid dienone is 1. The number of nitrogens with zero attached hydrogens (tertiary/aromatic N) is 1. The number of quaternary nitrogens is 1. The van der Waals surface area contributed by atoms with Crippen molar-refractivity contribution in [1.29, 1.82) is 0 Å². The largest absolute Gasteiger partial charge is 0.472 e. The van der Waals surface area contributed by atoms with Crippen molar-refractivity contribution in [3.63, 3.8) is 0 Å². The second kappa shape index (κ2) is 30.3. The van der Waals surface area contributed by atoms with Gasteiger partial charge in [-0.15, -0.1) is 0 Å². The van der Waals surface area contributed by atoms with Crippen molar-refractivity contribution in [2.75, 3.05) is 40.9 Å². The lowest BCUT2D eigenvalue weighted by atomic mass is 10.0. The van der Waals surface area contributed by atoms with Crippen LogP contribution >= 0.6 is 7.82 Å². The average molecular weight is 676 g/mol. The van der Waals surface area contributed by atoms with Crippen LogP contribution in [0.25, 0.3) is 0 Å². The van der Waals surface area contributed by atoms with E-state index in [-0.39, 0.29) is 25.5 Å². The summed E-state index contributed by atoms with van der Waals surface area (Å²) in [6.45, 7) is 4.27. The van der Waals surface area contributed by atoms with Crippen molar-refractivity contribution < 1.29 is 32.9 Å². The summed E-state index contributed by atoms with van der Waals surface area (Å²) in [5.41, 5.74) is 0. The van der Waals surface area contributed by atoms with Gasteiger partial charge in [0, 0.05) is 6.42 Å². The summed E-state index contributed by atoms with van der Waals surface area (Å²) >= 11 is 0. The lowest BCUT2D eigenvalue weighted by molar-refractivity contribution is -0.870. The first-order valence-electron chi connectivity index (χ1n) is 19.1. The molecule has 0 saturated heterocycles. The van der Waals surface area contributed by atoms with Crippen molar-refractivity contribution in [1.82, 2.24) is 5.32 Å². The summed E-state index contributed by atoms with van der Waals surface area (Å²) in [7, 11) is 1.57. The highest BCUT2D eigenvalue weighted by Crippen LogP contribution is 2.43. The second-order valence-corrected chi connectivity index (χ2v) is 15.7. The van der Waals surface area contributed by atoms with E-state index in [1.165, 1.54) is 128 Å². The van der Waals surface area contributed by atoms with E-state index in [1.807, 2.05) is 27.2 Å². The Morgan fingerprint density at radius 2 is 1.13 bits per heavy atom. The number of phosphoric acid groups is 1. The predicted molar refractivity (Wildman–Crippen MR) is 194 cm³/mol. The van der Waals surface area contributed by atoms with Crippen LogP contribution in [0.1, 0.15) is 168 Å². The minimum Gasteiger partial charge on any atom is -0.387 e. The smallest absolute Gasteiger partial charge is 0.387 e. The molecular formula is C37H76N2O6P+. The van der Waals surface area contributed by atoms with Gasteiger partial charge in [-0.2, -0.15) is 0 Å². The number of amides is 1. The van der Waals surface area contributed by atoms with Crippen molar-refractivity contribution in [2.45, 2.75) is 180 Å². The van der Waals surface area contributed by atoms with Gasteiger partial charge in [0.1, 0.15) is 13.2 Å². The highest BCUT2D eigenvalue weighted by molar-refractivity contribution is 7.47. The summed E-state index contributed by atoms with van der Waals surface area (Å²) in [5, 5.41) is 13.3. The molecule has 3 N–H and O–H groups in total. The highest BCUT2D eigenvalue weighted by Gasteiger charge is 2.27. The summed E-state index contributed by atoms with van der Waals surface area (Å²) in [6.07, 6.45) is 33.7. The lowest BCUT2D eigenvalue weighted by Crippen LogP contribution is -2.45. The van der Waals surface area contributed by atoms with Gasteiger partial charge in [-0.1, -0.05) is 161 Å². The van der Waals surface area contributed by atoms with E-state index in [1.54, 1.807) is 13.0 Å². The molecule has 0 aliphatic carbocycles. The molecule has 3 unspecified atom stereocenters. The van der Waals surface area contributed by atoms with E-state index in [2.05, 4.69) is 12.2 Å².